The number of amides is 1. The number of aromatic nitrogens is 1. The maximum absolute atomic E-state index is 12.3. The van der Waals surface area contributed by atoms with E-state index in [0.717, 1.165) is 26.4 Å². The van der Waals surface area contributed by atoms with E-state index in [1.807, 2.05) is 48.7 Å². The minimum Gasteiger partial charge on any atom is -0.495 e. The normalized spacial score (nSPS) is 10.7. The fourth-order valence-corrected chi connectivity index (χ4v) is 3.49. The molecule has 4 nitrogen and oxygen atoms in total. The first-order chi connectivity index (χ1) is 11.1. The summed E-state index contributed by atoms with van der Waals surface area (Å²) in [6, 6.07) is 13.6. The van der Waals surface area contributed by atoms with Crippen molar-refractivity contribution in [1.29, 1.82) is 0 Å². The van der Waals surface area contributed by atoms with Crippen molar-refractivity contribution in [2.75, 3.05) is 21.2 Å². The second-order valence-corrected chi connectivity index (χ2v) is 6.42. The Morgan fingerprint density at radius 3 is 2.61 bits per heavy atom. The molecule has 1 heterocycles. The summed E-state index contributed by atoms with van der Waals surface area (Å²) in [5.74, 6) is 0.817. The van der Waals surface area contributed by atoms with Crippen molar-refractivity contribution in [3.63, 3.8) is 0 Å². The summed E-state index contributed by atoms with van der Waals surface area (Å²) in [4.78, 5) is 19.2. The summed E-state index contributed by atoms with van der Waals surface area (Å²) in [5.41, 5.74) is 1.67. The molecule has 0 atom stereocenters. The molecule has 0 bridgehead atoms. The van der Waals surface area contributed by atoms with Crippen LogP contribution in [-0.2, 0) is 0 Å². The van der Waals surface area contributed by atoms with Gasteiger partial charge in [0.1, 0.15) is 5.75 Å². The number of ether oxygens (including phenoxy) is 1. The lowest BCUT2D eigenvalue weighted by atomic mass is 10.2. The molecule has 5 heteroatoms. The van der Waals surface area contributed by atoms with Crippen molar-refractivity contribution >= 4 is 28.6 Å². The molecular formula is C18H18N2O2S. The number of para-hydroxylation sites is 1. The zero-order valence-corrected chi connectivity index (χ0v) is 14.1. The molecule has 3 aromatic rings. The van der Waals surface area contributed by atoms with Crippen molar-refractivity contribution in [2.24, 2.45) is 0 Å². The average Bonchev–Trinajstić information content (AvgIpc) is 2.97. The molecule has 0 aliphatic heterocycles. The number of nitrogens with zero attached hydrogens (tertiary/aromatic N) is 1. The van der Waals surface area contributed by atoms with Crippen molar-refractivity contribution < 1.29 is 9.53 Å². The quantitative estimate of drug-likeness (QED) is 0.787. The second kappa shape index (κ2) is 6.38. The number of carbonyl (C=O) groups excluding carboxylic acids is 1. The third kappa shape index (κ3) is 2.92. The molecule has 0 spiro atoms. The monoisotopic (exact) mass is 326 g/mol. The number of aromatic amines is 1. The second-order valence-electron chi connectivity index (χ2n) is 5.33. The number of H-pyrrole nitrogens is 1. The van der Waals surface area contributed by atoms with E-state index < -0.39 is 0 Å². The number of nitrogens with one attached hydrogen (secondary N) is 1. The Bertz CT molecular complexity index is 855. The molecule has 0 saturated carbocycles. The first-order valence-electron chi connectivity index (χ1n) is 7.24. The van der Waals surface area contributed by atoms with Gasteiger partial charge in [-0.05, 0) is 18.2 Å². The van der Waals surface area contributed by atoms with Gasteiger partial charge in [-0.25, -0.2) is 0 Å². The Kier molecular flexibility index (Phi) is 4.30. The van der Waals surface area contributed by atoms with E-state index in [9.17, 15) is 4.79 Å². The van der Waals surface area contributed by atoms with Gasteiger partial charge in [-0.2, -0.15) is 0 Å². The summed E-state index contributed by atoms with van der Waals surface area (Å²) in [6.07, 6.45) is 1.95. The van der Waals surface area contributed by atoms with Gasteiger partial charge in [0.15, 0.2) is 0 Å². The fraction of sp³-hybridized carbons (Fsp3) is 0.167. The van der Waals surface area contributed by atoms with Gasteiger partial charge in [0.05, 0.1) is 18.2 Å². The summed E-state index contributed by atoms with van der Waals surface area (Å²) in [5, 5.41) is 1.08. The van der Waals surface area contributed by atoms with Gasteiger partial charge in [-0.15, -0.1) is 0 Å². The molecule has 1 amide bonds. The molecule has 2 aromatic carbocycles. The minimum absolute atomic E-state index is 0.00511. The number of fused-ring (bicyclic) bond motifs is 1. The van der Waals surface area contributed by atoms with Crippen LogP contribution in [0, 0.1) is 0 Å². The van der Waals surface area contributed by atoms with Crippen molar-refractivity contribution in [2.45, 2.75) is 9.79 Å². The van der Waals surface area contributed by atoms with E-state index in [1.165, 1.54) is 0 Å². The van der Waals surface area contributed by atoms with Gasteiger partial charge < -0.3 is 14.6 Å². The molecule has 0 aliphatic carbocycles. The van der Waals surface area contributed by atoms with E-state index >= 15 is 0 Å². The molecule has 118 valence electrons. The summed E-state index contributed by atoms with van der Waals surface area (Å²) >= 11 is 1.58. The first kappa shape index (κ1) is 15.5. The lowest BCUT2D eigenvalue weighted by Gasteiger charge is -2.13. The van der Waals surface area contributed by atoms with Crippen molar-refractivity contribution in [3.05, 3.63) is 54.2 Å². The standard InChI is InChI=1S/C18H18N2O2S/c1-20(2)18(21)13-7-4-5-10-15(13)23-16-11-19-17-12(16)8-6-9-14(17)22-3/h4-11,19H,1-3H3. The average molecular weight is 326 g/mol. The molecule has 0 radical (unpaired) electrons. The topological polar surface area (TPSA) is 45.3 Å². The predicted octanol–water partition coefficient (Wildman–Crippen LogP) is 4.03. The Balaban J connectivity index is 2.02. The maximum atomic E-state index is 12.3. The van der Waals surface area contributed by atoms with Gasteiger partial charge in [0.2, 0.25) is 0 Å². The SMILES string of the molecule is COc1cccc2c(Sc3ccccc3C(=O)N(C)C)c[nH]c12. The zero-order chi connectivity index (χ0) is 16.4. The van der Waals surface area contributed by atoms with Gasteiger partial charge in [0, 0.05) is 35.5 Å². The van der Waals surface area contributed by atoms with Crippen LogP contribution in [0.2, 0.25) is 0 Å². The molecule has 0 fully saturated rings. The molecule has 1 aromatic heterocycles. The zero-order valence-electron chi connectivity index (χ0n) is 13.3. The highest BCUT2D eigenvalue weighted by atomic mass is 32.2. The first-order valence-corrected chi connectivity index (χ1v) is 8.06. The van der Waals surface area contributed by atoms with Crippen LogP contribution in [0.1, 0.15) is 10.4 Å². The summed E-state index contributed by atoms with van der Waals surface area (Å²) in [7, 11) is 5.19. The Labute approximate surface area is 139 Å². The molecule has 0 aliphatic rings. The third-order valence-electron chi connectivity index (χ3n) is 3.60. The number of rotatable bonds is 4. The molecule has 23 heavy (non-hydrogen) atoms. The van der Waals surface area contributed by atoms with Crippen LogP contribution >= 0.6 is 11.8 Å². The highest BCUT2D eigenvalue weighted by Gasteiger charge is 2.15. The van der Waals surface area contributed by atoms with Gasteiger partial charge >= 0.3 is 0 Å². The van der Waals surface area contributed by atoms with Crippen LogP contribution in [0.15, 0.2) is 58.5 Å². The number of carbonyl (C=O) groups is 1. The predicted molar refractivity (Wildman–Crippen MR) is 93.4 cm³/mol. The van der Waals surface area contributed by atoms with Crippen LogP contribution < -0.4 is 4.74 Å². The number of hydrogen-bond acceptors (Lipinski definition) is 3. The van der Waals surface area contributed by atoms with Crippen LogP contribution in [0.4, 0.5) is 0 Å². The number of methoxy groups -OCH3 is 1. The number of hydrogen-bond donors (Lipinski definition) is 1. The summed E-state index contributed by atoms with van der Waals surface area (Å²) < 4.78 is 5.38. The molecule has 1 N–H and O–H groups in total. The van der Waals surface area contributed by atoms with E-state index in [2.05, 4.69) is 4.98 Å². The van der Waals surface area contributed by atoms with Gasteiger partial charge in [-0.1, -0.05) is 36.0 Å². The third-order valence-corrected chi connectivity index (χ3v) is 4.74. The van der Waals surface area contributed by atoms with Gasteiger partial charge in [-0.3, -0.25) is 4.79 Å². The smallest absolute Gasteiger partial charge is 0.254 e. The van der Waals surface area contributed by atoms with E-state index in [4.69, 9.17) is 4.74 Å². The Morgan fingerprint density at radius 1 is 1.09 bits per heavy atom. The molecular weight excluding hydrogens is 308 g/mol. The maximum Gasteiger partial charge on any atom is 0.254 e. The molecule has 0 unspecified atom stereocenters. The number of benzene rings is 2. The largest absolute Gasteiger partial charge is 0.495 e. The lowest BCUT2D eigenvalue weighted by Crippen LogP contribution is -2.22. The summed E-state index contributed by atoms with van der Waals surface area (Å²) in [6.45, 7) is 0. The van der Waals surface area contributed by atoms with E-state index in [1.54, 1.807) is 37.9 Å². The Hall–Kier alpha value is -2.40. The van der Waals surface area contributed by atoms with Gasteiger partial charge in [0.25, 0.3) is 5.91 Å². The fourth-order valence-electron chi connectivity index (χ4n) is 2.45. The minimum atomic E-state index is 0.00511. The van der Waals surface area contributed by atoms with E-state index in [-0.39, 0.29) is 5.91 Å². The van der Waals surface area contributed by atoms with Crippen LogP contribution in [0.3, 0.4) is 0 Å². The van der Waals surface area contributed by atoms with Crippen LogP contribution in [0.25, 0.3) is 10.9 Å². The van der Waals surface area contributed by atoms with E-state index in [0.29, 0.717) is 5.56 Å². The van der Waals surface area contributed by atoms with Crippen molar-refractivity contribution in [3.8, 4) is 5.75 Å². The highest BCUT2D eigenvalue weighted by molar-refractivity contribution is 7.99. The van der Waals surface area contributed by atoms with Crippen LogP contribution in [0.5, 0.6) is 5.75 Å². The lowest BCUT2D eigenvalue weighted by molar-refractivity contribution is 0.0824. The van der Waals surface area contributed by atoms with Crippen molar-refractivity contribution in [1.82, 2.24) is 9.88 Å². The molecule has 3 rings (SSSR count). The Morgan fingerprint density at radius 2 is 1.87 bits per heavy atom. The highest BCUT2D eigenvalue weighted by Crippen LogP contribution is 2.38. The molecule has 0 saturated heterocycles. The van der Waals surface area contributed by atoms with Crippen LogP contribution in [-0.4, -0.2) is 37.0 Å².